The van der Waals surface area contributed by atoms with Crippen molar-refractivity contribution in [2.24, 2.45) is 0 Å². The van der Waals surface area contributed by atoms with Gasteiger partial charge in [-0.1, -0.05) is 35.2 Å². The first-order chi connectivity index (χ1) is 5.92. The Balaban J connectivity index is 2.91. The Hall–Kier alpha value is -1.81. The van der Waals surface area contributed by atoms with Gasteiger partial charge in [-0.2, -0.15) is 0 Å². The van der Waals surface area contributed by atoms with Crippen molar-refractivity contribution < 1.29 is 0 Å². The molecule has 0 atom stereocenters. The van der Waals surface area contributed by atoms with E-state index in [9.17, 15) is 0 Å². The predicted octanol–water partition coefficient (Wildman–Crippen LogP) is 2.51. The molecule has 2 aromatic rings. The maximum atomic E-state index is 8.75. The van der Waals surface area contributed by atoms with Crippen LogP contribution in [0.4, 0.5) is 0 Å². The number of fused-ring (bicyclic) bond motifs is 1. The molecule has 0 radical (unpaired) electrons. The van der Waals surface area contributed by atoms with E-state index < -0.39 is 0 Å². The van der Waals surface area contributed by atoms with Crippen LogP contribution >= 0.6 is 0 Å². The highest BCUT2D eigenvalue weighted by atomic mass is 14.2. The van der Waals surface area contributed by atoms with Gasteiger partial charge in [-0.05, 0) is 6.07 Å². The Morgan fingerprint density at radius 1 is 1.17 bits per heavy atom. The fourth-order valence-corrected chi connectivity index (χ4v) is 1.26. The van der Waals surface area contributed by atoms with Crippen LogP contribution in [0.5, 0.6) is 0 Å². The summed E-state index contributed by atoms with van der Waals surface area (Å²) in [7, 11) is 0. The number of hydrogen-bond donors (Lipinski definition) is 0. The Kier molecular flexibility index (Phi) is 1.53. The van der Waals surface area contributed by atoms with Crippen LogP contribution < -0.4 is 0 Å². The maximum absolute atomic E-state index is 8.75. The molecule has 0 unspecified atom stereocenters. The molecule has 0 spiro atoms. The zero-order valence-corrected chi connectivity index (χ0v) is 6.41. The number of rotatable bonds is 0. The molecule has 0 heterocycles. The van der Waals surface area contributed by atoms with Crippen LogP contribution in [0.15, 0.2) is 36.4 Å². The van der Waals surface area contributed by atoms with E-state index in [1.54, 1.807) is 6.07 Å². The molecular formula is C11H6N-. The first-order valence-corrected chi connectivity index (χ1v) is 3.71. The van der Waals surface area contributed by atoms with Crippen molar-refractivity contribution in [1.82, 2.24) is 0 Å². The van der Waals surface area contributed by atoms with Crippen LogP contribution in [0.1, 0.15) is 5.56 Å². The molecule has 0 fully saturated rings. The molecule has 1 heteroatoms. The molecule has 1 nitrogen and oxygen atoms in total. The lowest BCUT2D eigenvalue weighted by atomic mass is 10.1. The van der Waals surface area contributed by atoms with Gasteiger partial charge in [0.15, 0.2) is 0 Å². The molecule has 0 saturated heterocycles. The lowest BCUT2D eigenvalue weighted by Gasteiger charge is -2.05. The van der Waals surface area contributed by atoms with Gasteiger partial charge in [-0.15, -0.1) is 23.6 Å². The van der Waals surface area contributed by atoms with Gasteiger partial charge in [0, 0.05) is 0 Å². The summed E-state index contributed by atoms with van der Waals surface area (Å²) in [4.78, 5) is 0. The summed E-state index contributed by atoms with van der Waals surface area (Å²) in [5, 5.41) is 10.8. The summed E-state index contributed by atoms with van der Waals surface area (Å²) in [5.74, 6) is 0. The van der Waals surface area contributed by atoms with Crippen molar-refractivity contribution in [2.75, 3.05) is 0 Å². The largest absolute Gasteiger partial charge is 0.262 e. The van der Waals surface area contributed by atoms with Crippen LogP contribution in [0.25, 0.3) is 10.8 Å². The number of hydrogen-bond acceptors (Lipinski definition) is 1. The summed E-state index contributed by atoms with van der Waals surface area (Å²) in [6.07, 6.45) is 0. The van der Waals surface area contributed by atoms with E-state index in [0.29, 0.717) is 5.56 Å². The first kappa shape index (κ1) is 6.87. The molecule has 12 heavy (non-hydrogen) atoms. The molecule has 0 saturated carbocycles. The third kappa shape index (κ3) is 0.943. The molecule has 0 aromatic heterocycles. The highest BCUT2D eigenvalue weighted by Gasteiger charge is 1.87. The Morgan fingerprint density at radius 2 is 2.00 bits per heavy atom. The quantitative estimate of drug-likeness (QED) is 0.532. The fraction of sp³-hybridized carbons (Fsp3) is 0. The van der Waals surface area contributed by atoms with E-state index >= 15 is 0 Å². The van der Waals surface area contributed by atoms with Gasteiger partial charge in [-0.25, -0.2) is 0 Å². The van der Waals surface area contributed by atoms with E-state index in [0.717, 1.165) is 10.8 Å². The Bertz CT molecular complexity index is 447. The molecule has 2 aromatic carbocycles. The van der Waals surface area contributed by atoms with Gasteiger partial charge < -0.3 is 0 Å². The standard InChI is InChI=1S/C11H6N/c12-8-10-6-3-5-9-4-1-2-7-11(9)10/h1-5,7H/q-1. The molecule has 0 aliphatic rings. The summed E-state index contributed by atoms with van der Waals surface area (Å²) < 4.78 is 0. The van der Waals surface area contributed by atoms with E-state index in [1.165, 1.54) is 0 Å². The molecule has 0 amide bonds. The van der Waals surface area contributed by atoms with Crippen LogP contribution in [0.3, 0.4) is 0 Å². The van der Waals surface area contributed by atoms with Gasteiger partial charge in [-0.3, -0.25) is 5.26 Å². The van der Waals surface area contributed by atoms with Crippen molar-refractivity contribution in [3.05, 3.63) is 48.0 Å². The maximum Gasteiger partial charge on any atom is -0.0276 e. The third-order valence-electron chi connectivity index (χ3n) is 1.83. The topological polar surface area (TPSA) is 23.8 Å². The molecule has 0 N–H and O–H groups in total. The molecule has 56 valence electrons. The number of nitriles is 1. The van der Waals surface area contributed by atoms with Gasteiger partial charge in [0.1, 0.15) is 0 Å². The van der Waals surface area contributed by atoms with E-state index in [1.807, 2.05) is 30.3 Å². The Labute approximate surface area is 70.9 Å². The minimum atomic E-state index is 0.619. The second kappa shape index (κ2) is 2.67. The van der Waals surface area contributed by atoms with Crippen LogP contribution in [0.2, 0.25) is 0 Å². The van der Waals surface area contributed by atoms with Crippen molar-refractivity contribution in [3.63, 3.8) is 0 Å². The first-order valence-electron chi connectivity index (χ1n) is 3.71. The highest BCUT2D eigenvalue weighted by molar-refractivity contribution is 5.87. The summed E-state index contributed by atoms with van der Waals surface area (Å²) in [6, 6.07) is 16.6. The second-order valence-electron chi connectivity index (χ2n) is 2.55. The fourth-order valence-electron chi connectivity index (χ4n) is 1.26. The average Bonchev–Trinajstić information content (AvgIpc) is 2.17. The van der Waals surface area contributed by atoms with Crippen LogP contribution in [0, 0.1) is 17.4 Å². The van der Waals surface area contributed by atoms with Crippen molar-refractivity contribution >= 4 is 10.8 Å². The zero-order valence-electron chi connectivity index (χ0n) is 6.41. The van der Waals surface area contributed by atoms with Crippen LogP contribution in [-0.4, -0.2) is 0 Å². The van der Waals surface area contributed by atoms with Gasteiger partial charge >= 0.3 is 0 Å². The van der Waals surface area contributed by atoms with Crippen LogP contribution in [-0.2, 0) is 0 Å². The van der Waals surface area contributed by atoms with Gasteiger partial charge in [0.05, 0.1) is 0 Å². The molecule has 2 rings (SSSR count). The summed E-state index contributed by atoms with van der Waals surface area (Å²) >= 11 is 0. The monoisotopic (exact) mass is 152 g/mol. The predicted molar refractivity (Wildman–Crippen MR) is 47.5 cm³/mol. The SMILES string of the molecule is N#Cc1[c-]ccc2ccccc12. The van der Waals surface area contributed by atoms with Crippen molar-refractivity contribution in [2.45, 2.75) is 0 Å². The van der Waals surface area contributed by atoms with E-state index in [2.05, 4.69) is 12.1 Å². The number of benzene rings is 2. The lowest BCUT2D eigenvalue weighted by molar-refractivity contribution is 1.50. The summed E-state index contributed by atoms with van der Waals surface area (Å²) in [6.45, 7) is 0. The normalized spacial score (nSPS) is 9.58. The molecule has 0 bridgehead atoms. The average molecular weight is 152 g/mol. The zero-order chi connectivity index (χ0) is 8.39. The second-order valence-corrected chi connectivity index (χ2v) is 2.55. The molecule has 0 aliphatic carbocycles. The van der Waals surface area contributed by atoms with Gasteiger partial charge in [0.2, 0.25) is 0 Å². The van der Waals surface area contributed by atoms with E-state index in [4.69, 9.17) is 5.26 Å². The van der Waals surface area contributed by atoms with Crippen molar-refractivity contribution in [1.29, 1.82) is 5.26 Å². The smallest absolute Gasteiger partial charge is 0.0276 e. The molecule has 0 aliphatic heterocycles. The van der Waals surface area contributed by atoms with Crippen molar-refractivity contribution in [3.8, 4) is 6.07 Å². The minimum absolute atomic E-state index is 0.619. The summed E-state index contributed by atoms with van der Waals surface area (Å²) in [5.41, 5.74) is 0.619. The third-order valence-corrected chi connectivity index (χ3v) is 1.83. The number of nitrogens with zero attached hydrogens (tertiary/aromatic N) is 1. The van der Waals surface area contributed by atoms with E-state index in [-0.39, 0.29) is 0 Å². The minimum Gasteiger partial charge on any atom is -0.262 e. The van der Waals surface area contributed by atoms with Gasteiger partial charge in [0.25, 0.3) is 0 Å². The molecular weight excluding hydrogens is 146 g/mol. The lowest BCUT2D eigenvalue weighted by Crippen LogP contribution is -1.77. The highest BCUT2D eigenvalue weighted by Crippen LogP contribution is 2.16. The Morgan fingerprint density at radius 3 is 2.83 bits per heavy atom.